The van der Waals surface area contributed by atoms with Gasteiger partial charge in [0.15, 0.2) is 11.5 Å². The van der Waals surface area contributed by atoms with Crippen molar-refractivity contribution in [1.82, 2.24) is 0 Å². The molecule has 19 heavy (non-hydrogen) atoms. The summed E-state index contributed by atoms with van der Waals surface area (Å²) in [5, 5.41) is 9.12. The van der Waals surface area contributed by atoms with Crippen LogP contribution in [-0.2, 0) is 14.9 Å². The molecule has 1 aromatic rings. The fourth-order valence-electron chi connectivity index (χ4n) is 3.20. The second kappa shape index (κ2) is 3.63. The maximum Gasteiger partial charge on any atom is 0.306 e. The summed E-state index contributed by atoms with van der Waals surface area (Å²) in [5.74, 6) is 0.756. The maximum absolute atomic E-state index is 11.1. The van der Waals surface area contributed by atoms with Crippen molar-refractivity contribution < 1.29 is 24.1 Å². The van der Waals surface area contributed by atoms with Crippen LogP contribution in [0, 0.1) is 11.8 Å². The van der Waals surface area contributed by atoms with E-state index in [-0.39, 0.29) is 24.0 Å². The van der Waals surface area contributed by atoms with Crippen LogP contribution in [0.15, 0.2) is 18.2 Å². The van der Waals surface area contributed by atoms with E-state index < -0.39 is 5.97 Å². The number of aliphatic carboxylic acids is 1. The average Bonchev–Trinajstić information content (AvgIpc) is 2.99. The summed E-state index contributed by atoms with van der Waals surface area (Å²) < 4.78 is 16.1. The lowest BCUT2D eigenvalue weighted by Crippen LogP contribution is -2.49. The highest BCUT2D eigenvalue weighted by Gasteiger charge is 2.60. The molecular formula is C14H14O5. The monoisotopic (exact) mass is 262 g/mol. The van der Waals surface area contributed by atoms with Crippen molar-refractivity contribution >= 4 is 5.97 Å². The molecule has 0 radical (unpaired) electrons. The maximum atomic E-state index is 11.1. The zero-order valence-electron chi connectivity index (χ0n) is 10.3. The molecule has 2 aliphatic heterocycles. The molecule has 0 aromatic heterocycles. The van der Waals surface area contributed by atoms with Crippen LogP contribution in [0.3, 0.4) is 0 Å². The molecule has 5 nitrogen and oxygen atoms in total. The molecule has 1 saturated carbocycles. The van der Waals surface area contributed by atoms with Gasteiger partial charge in [-0.1, -0.05) is 6.07 Å². The average molecular weight is 262 g/mol. The van der Waals surface area contributed by atoms with Crippen LogP contribution in [0.25, 0.3) is 0 Å². The van der Waals surface area contributed by atoms with E-state index >= 15 is 0 Å². The number of fused-ring (bicyclic) bond motifs is 1. The Balaban J connectivity index is 1.68. The van der Waals surface area contributed by atoms with Gasteiger partial charge in [-0.25, -0.2) is 0 Å². The SMILES string of the molecule is O=C(O)C1CC1C1(c2ccc3c(c2)OCO3)COC1. The summed E-state index contributed by atoms with van der Waals surface area (Å²) in [4.78, 5) is 11.1. The largest absolute Gasteiger partial charge is 0.481 e. The van der Waals surface area contributed by atoms with Gasteiger partial charge < -0.3 is 19.3 Å². The van der Waals surface area contributed by atoms with Gasteiger partial charge in [-0.15, -0.1) is 0 Å². The zero-order chi connectivity index (χ0) is 13.0. The fraction of sp³-hybridized carbons (Fsp3) is 0.500. The first-order valence-electron chi connectivity index (χ1n) is 6.41. The van der Waals surface area contributed by atoms with Crippen molar-refractivity contribution in [2.75, 3.05) is 20.0 Å². The van der Waals surface area contributed by atoms with E-state index in [0.29, 0.717) is 13.2 Å². The first-order valence-corrected chi connectivity index (χ1v) is 6.41. The van der Waals surface area contributed by atoms with Crippen molar-refractivity contribution in [2.45, 2.75) is 11.8 Å². The van der Waals surface area contributed by atoms with Crippen molar-refractivity contribution in [3.05, 3.63) is 23.8 Å². The summed E-state index contributed by atoms with van der Waals surface area (Å²) in [6.45, 7) is 1.45. The topological polar surface area (TPSA) is 65.0 Å². The van der Waals surface area contributed by atoms with Gasteiger partial charge in [0.05, 0.1) is 19.1 Å². The number of hydrogen-bond donors (Lipinski definition) is 1. The third-order valence-corrected chi connectivity index (χ3v) is 4.48. The van der Waals surface area contributed by atoms with Gasteiger partial charge in [-0.3, -0.25) is 4.79 Å². The van der Waals surface area contributed by atoms with Crippen LogP contribution in [0.1, 0.15) is 12.0 Å². The summed E-state index contributed by atoms with van der Waals surface area (Å²) >= 11 is 0. The molecule has 0 amide bonds. The Labute approximate surface area is 110 Å². The van der Waals surface area contributed by atoms with Gasteiger partial charge >= 0.3 is 5.97 Å². The number of carboxylic acids is 1. The number of hydrogen-bond acceptors (Lipinski definition) is 4. The van der Waals surface area contributed by atoms with E-state index in [1.165, 1.54) is 0 Å². The zero-order valence-corrected chi connectivity index (χ0v) is 10.3. The minimum atomic E-state index is -0.697. The van der Waals surface area contributed by atoms with E-state index in [4.69, 9.17) is 19.3 Å². The Morgan fingerprint density at radius 2 is 2.05 bits per heavy atom. The predicted molar refractivity (Wildman–Crippen MR) is 64.3 cm³/mol. The number of ether oxygens (including phenoxy) is 3. The van der Waals surface area contributed by atoms with E-state index in [1.807, 2.05) is 18.2 Å². The van der Waals surface area contributed by atoms with Gasteiger partial charge in [0.2, 0.25) is 6.79 Å². The van der Waals surface area contributed by atoms with Crippen LogP contribution in [0.4, 0.5) is 0 Å². The molecule has 3 aliphatic rings. The molecule has 5 heteroatoms. The normalized spacial score (nSPS) is 29.7. The van der Waals surface area contributed by atoms with E-state index in [1.54, 1.807) is 0 Å². The molecule has 4 rings (SSSR count). The van der Waals surface area contributed by atoms with Crippen LogP contribution in [0.5, 0.6) is 11.5 Å². The Morgan fingerprint density at radius 1 is 1.26 bits per heavy atom. The molecule has 2 atom stereocenters. The Hall–Kier alpha value is -1.75. The highest BCUT2D eigenvalue weighted by Crippen LogP contribution is 2.56. The summed E-state index contributed by atoms with van der Waals surface area (Å²) in [6, 6.07) is 5.88. The van der Waals surface area contributed by atoms with Crippen LogP contribution < -0.4 is 9.47 Å². The molecule has 1 aromatic carbocycles. The summed E-state index contributed by atoms with van der Waals surface area (Å²) in [7, 11) is 0. The molecule has 100 valence electrons. The smallest absolute Gasteiger partial charge is 0.306 e. The highest BCUT2D eigenvalue weighted by atomic mass is 16.7. The molecule has 1 aliphatic carbocycles. The lowest BCUT2D eigenvalue weighted by molar-refractivity contribution is -0.140. The Bertz CT molecular complexity index is 549. The lowest BCUT2D eigenvalue weighted by atomic mass is 9.73. The first kappa shape index (κ1) is 11.1. The third kappa shape index (κ3) is 1.48. The van der Waals surface area contributed by atoms with Gasteiger partial charge in [-0.2, -0.15) is 0 Å². The van der Waals surface area contributed by atoms with Crippen molar-refractivity contribution in [3.63, 3.8) is 0 Å². The van der Waals surface area contributed by atoms with Crippen molar-refractivity contribution in [1.29, 1.82) is 0 Å². The number of carboxylic acid groups (broad SMARTS) is 1. The molecule has 0 spiro atoms. The number of benzene rings is 1. The van der Waals surface area contributed by atoms with Gasteiger partial charge in [0.1, 0.15) is 0 Å². The molecular weight excluding hydrogens is 248 g/mol. The lowest BCUT2D eigenvalue weighted by Gasteiger charge is -2.42. The van der Waals surface area contributed by atoms with E-state index in [9.17, 15) is 4.79 Å². The van der Waals surface area contributed by atoms with Crippen LogP contribution in [-0.4, -0.2) is 31.1 Å². The highest BCUT2D eigenvalue weighted by molar-refractivity contribution is 5.74. The molecule has 2 fully saturated rings. The van der Waals surface area contributed by atoms with E-state index in [2.05, 4.69) is 0 Å². The third-order valence-electron chi connectivity index (χ3n) is 4.48. The Kier molecular flexibility index (Phi) is 2.12. The predicted octanol–water partition coefficient (Wildman–Crippen LogP) is 1.40. The van der Waals surface area contributed by atoms with Gasteiger partial charge in [-0.05, 0) is 30.0 Å². The van der Waals surface area contributed by atoms with Crippen LogP contribution in [0.2, 0.25) is 0 Å². The fourth-order valence-corrected chi connectivity index (χ4v) is 3.20. The Morgan fingerprint density at radius 3 is 2.68 bits per heavy atom. The number of rotatable bonds is 3. The minimum absolute atomic E-state index is 0.149. The second-order valence-electron chi connectivity index (χ2n) is 5.50. The molecule has 1 N–H and O–H groups in total. The van der Waals surface area contributed by atoms with Crippen LogP contribution >= 0.6 is 0 Å². The minimum Gasteiger partial charge on any atom is -0.481 e. The van der Waals surface area contributed by atoms with Crippen molar-refractivity contribution in [3.8, 4) is 11.5 Å². The number of carbonyl (C=O) groups is 1. The summed E-state index contributed by atoms with van der Waals surface area (Å²) in [6.07, 6.45) is 0.743. The van der Waals surface area contributed by atoms with Gasteiger partial charge in [0, 0.05) is 5.41 Å². The molecule has 2 heterocycles. The second-order valence-corrected chi connectivity index (χ2v) is 5.50. The quantitative estimate of drug-likeness (QED) is 0.892. The van der Waals surface area contributed by atoms with Gasteiger partial charge in [0.25, 0.3) is 0 Å². The molecule has 0 bridgehead atoms. The first-order chi connectivity index (χ1) is 9.21. The molecule has 1 saturated heterocycles. The standard InChI is InChI=1S/C14H14O5/c15-13(16)9-4-10(9)14(5-17-6-14)8-1-2-11-12(3-8)19-7-18-11/h1-3,9-10H,4-7H2,(H,15,16). The molecule has 2 unspecified atom stereocenters. The summed E-state index contributed by atoms with van der Waals surface area (Å²) in [5.41, 5.74) is 0.959. The van der Waals surface area contributed by atoms with Crippen molar-refractivity contribution in [2.24, 2.45) is 11.8 Å². The van der Waals surface area contributed by atoms with E-state index in [0.717, 1.165) is 23.5 Å².